The van der Waals surface area contributed by atoms with E-state index in [0.29, 0.717) is 0 Å². The topological polar surface area (TPSA) is 86.2 Å². The number of rotatable bonds is 2. The van der Waals surface area contributed by atoms with Crippen molar-refractivity contribution in [3.8, 4) is 0 Å². The summed E-state index contributed by atoms with van der Waals surface area (Å²) in [6, 6.07) is 8.55. The van der Waals surface area contributed by atoms with Gasteiger partial charge < -0.3 is 11.5 Å². The SMILES string of the molecule is CC(=O)c1ccc2c(c1)CC(N)C(C)(C)C2.NC(=O)c1cc(S)c(F)cc1S. The number of hydrogen-bond donors (Lipinski definition) is 4. The van der Waals surface area contributed by atoms with Gasteiger partial charge in [0.2, 0.25) is 5.91 Å². The number of carbonyl (C=O) groups excluding carboxylic acids is 2. The first-order valence-electron chi connectivity index (χ1n) is 8.82. The molecule has 1 unspecified atom stereocenters. The second kappa shape index (κ2) is 8.68. The van der Waals surface area contributed by atoms with Crippen LogP contribution in [0.4, 0.5) is 4.39 Å². The standard InChI is InChI=1S/C14H19NO.C7H6FNOS2/c1-9(16)10-4-5-11-8-14(2,3)13(15)7-12(11)6-10;8-4-2-5(11)3(7(9)10)1-6(4)12/h4-6,13H,7-8,15H2,1-3H3;1-2,11-12H,(H2,9,10). The number of ketones is 1. The minimum Gasteiger partial charge on any atom is -0.366 e. The minimum atomic E-state index is -0.643. The lowest BCUT2D eigenvalue weighted by molar-refractivity contribution is 0.0993. The molecule has 150 valence electrons. The Labute approximate surface area is 175 Å². The Hall–Kier alpha value is -1.83. The van der Waals surface area contributed by atoms with E-state index in [1.807, 2.05) is 12.1 Å². The molecular weight excluding hydrogens is 395 g/mol. The second-order valence-electron chi connectivity index (χ2n) is 7.70. The van der Waals surface area contributed by atoms with Gasteiger partial charge in [0, 0.05) is 21.4 Å². The average molecular weight is 421 g/mol. The molecule has 1 aliphatic carbocycles. The predicted molar refractivity (Wildman–Crippen MR) is 115 cm³/mol. The highest BCUT2D eigenvalue weighted by Gasteiger charge is 2.32. The van der Waals surface area contributed by atoms with Crippen LogP contribution < -0.4 is 11.5 Å². The number of Topliss-reactive ketones (excluding diaryl/α,β-unsaturated/α-hetero) is 1. The summed E-state index contributed by atoms with van der Waals surface area (Å²) in [6.07, 6.45) is 1.88. The quantitative estimate of drug-likeness (QED) is 0.440. The van der Waals surface area contributed by atoms with Crippen molar-refractivity contribution in [2.24, 2.45) is 16.9 Å². The first-order valence-corrected chi connectivity index (χ1v) is 9.71. The highest BCUT2D eigenvalue weighted by Crippen LogP contribution is 2.34. The number of hydrogen-bond acceptors (Lipinski definition) is 5. The Kier molecular flexibility index (Phi) is 6.96. The van der Waals surface area contributed by atoms with E-state index in [2.05, 4.69) is 45.2 Å². The van der Waals surface area contributed by atoms with E-state index in [-0.39, 0.29) is 32.6 Å². The van der Waals surface area contributed by atoms with Crippen molar-refractivity contribution in [1.82, 2.24) is 0 Å². The molecule has 0 saturated carbocycles. The van der Waals surface area contributed by atoms with Gasteiger partial charge in [-0.3, -0.25) is 9.59 Å². The molecule has 0 bridgehead atoms. The molecule has 2 aromatic rings. The Morgan fingerprint density at radius 2 is 1.75 bits per heavy atom. The van der Waals surface area contributed by atoms with Crippen LogP contribution >= 0.6 is 25.3 Å². The fourth-order valence-corrected chi connectivity index (χ4v) is 3.57. The van der Waals surface area contributed by atoms with Gasteiger partial charge in [-0.15, -0.1) is 25.3 Å². The summed E-state index contributed by atoms with van der Waals surface area (Å²) in [5.74, 6) is -1.04. The van der Waals surface area contributed by atoms with E-state index in [9.17, 15) is 14.0 Å². The smallest absolute Gasteiger partial charge is 0.249 e. The van der Waals surface area contributed by atoms with Gasteiger partial charge in [-0.2, -0.15) is 0 Å². The third kappa shape index (κ3) is 5.16. The molecule has 28 heavy (non-hydrogen) atoms. The van der Waals surface area contributed by atoms with Gasteiger partial charge in [0.05, 0.1) is 5.56 Å². The molecule has 4 N–H and O–H groups in total. The van der Waals surface area contributed by atoms with E-state index in [1.54, 1.807) is 6.92 Å². The number of halogens is 1. The summed E-state index contributed by atoms with van der Waals surface area (Å²) in [4.78, 5) is 22.3. The molecule has 3 rings (SSSR count). The zero-order valence-electron chi connectivity index (χ0n) is 16.1. The molecule has 7 heteroatoms. The van der Waals surface area contributed by atoms with Crippen LogP contribution in [0.1, 0.15) is 52.6 Å². The molecule has 0 heterocycles. The number of nitrogens with two attached hydrogens (primary N) is 2. The highest BCUT2D eigenvalue weighted by molar-refractivity contribution is 7.80. The van der Waals surface area contributed by atoms with E-state index in [0.717, 1.165) is 24.5 Å². The van der Waals surface area contributed by atoms with Crippen molar-refractivity contribution in [3.63, 3.8) is 0 Å². The normalized spacial score (nSPS) is 17.2. The van der Waals surface area contributed by atoms with Crippen molar-refractivity contribution >= 4 is 36.9 Å². The summed E-state index contributed by atoms with van der Waals surface area (Å²) in [7, 11) is 0. The number of carbonyl (C=O) groups is 2. The van der Waals surface area contributed by atoms with Crippen molar-refractivity contribution in [1.29, 1.82) is 0 Å². The summed E-state index contributed by atoms with van der Waals surface area (Å²) in [5.41, 5.74) is 14.9. The molecule has 0 fully saturated rings. The molecule has 1 amide bonds. The summed E-state index contributed by atoms with van der Waals surface area (Å²) < 4.78 is 12.7. The lowest BCUT2D eigenvalue weighted by atomic mass is 9.71. The highest BCUT2D eigenvalue weighted by atomic mass is 32.1. The lowest BCUT2D eigenvalue weighted by Crippen LogP contribution is -2.44. The monoisotopic (exact) mass is 420 g/mol. The van der Waals surface area contributed by atoms with Crippen molar-refractivity contribution < 1.29 is 14.0 Å². The van der Waals surface area contributed by atoms with Crippen LogP contribution in [-0.4, -0.2) is 17.7 Å². The number of amides is 1. The molecule has 0 aromatic heterocycles. The second-order valence-corrected chi connectivity index (χ2v) is 8.66. The van der Waals surface area contributed by atoms with Gasteiger partial charge in [-0.25, -0.2) is 4.39 Å². The largest absolute Gasteiger partial charge is 0.366 e. The fourth-order valence-electron chi connectivity index (χ4n) is 3.09. The Bertz CT molecular complexity index is 929. The Balaban J connectivity index is 0.000000209. The van der Waals surface area contributed by atoms with Crippen LogP contribution in [0.5, 0.6) is 0 Å². The lowest BCUT2D eigenvalue weighted by Gasteiger charge is -2.37. The summed E-state index contributed by atoms with van der Waals surface area (Å²) in [6.45, 7) is 6.02. The molecule has 0 spiro atoms. The van der Waals surface area contributed by atoms with E-state index in [4.69, 9.17) is 11.5 Å². The van der Waals surface area contributed by atoms with Crippen LogP contribution in [0.25, 0.3) is 0 Å². The number of benzene rings is 2. The van der Waals surface area contributed by atoms with Gasteiger partial charge >= 0.3 is 0 Å². The zero-order chi connectivity index (χ0) is 21.2. The van der Waals surface area contributed by atoms with Gasteiger partial charge in [0.25, 0.3) is 0 Å². The van der Waals surface area contributed by atoms with Crippen LogP contribution in [0, 0.1) is 11.2 Å². The molecule has 0 saturated heterocycles. The molecule has 0 aliphatic heterocycles. The maximum atomic E-state index is 12.7. The number of thiol groups is 2. The molecule has 1 aliphatic rings. The first kappa shape index (κ1) is 22.5. The molecular formula is C21H25FN2O2S2. The fraction of sp³-hybridized carbons (Fsp3) is 0.333. The molecule has 4 nitrogen and oxygen atoms in total. The third-order valence-electron chi connectivity index (χ3n) is 5.03. The van der Waals surface area contributed by atoms with E-state index in [1.165, 1.54) is 17.2 Å². The Morgan fingerprint density at radius 1 is 1.11 bits per heavy atom. The van der Waals surface area contributed by atoms with Crippen LogP contribution in [-0.2, 0) is 12.8 Å². The zero-order valence-corrected chi connectivity index (χ0v) is 17.9. The average Bonchev–Trinajstić information content (AvgIpc) is 2.58. The molecule has 1 atom stereocenters. The number of primary amides is 1. The summed E-state index contributed by atoms with van der Waals surface area (Å²) in [5, 5.41) is 0. The maximum absolute atomic E-state index is 12.7. The maximum Gasteiger partial charge on any atom is 0.249 e. The van der Waals surface area contributed by atoms with Crippen molar-refractivity contribution in [3.05, 3.63) is 58.4 Å². The van der Waals surface area contributed by atoms with Gasteiger partial charge in [0.15, 0.2) is 5.78 Å². The Morgan fingerprint density at radius 3 is 2.32 bits per heavy atom. The minimum absolute atomic E-state index is 0.0848. The molecule has 2 aromatic carbocycles. The van der Waals surface area contributed by atoms with Crippen LogP contribution in [0.3, 0.4) is 0 Å². The predicted octanol–water partition coefficient (Wildman–Crippen LogP) is 3.84. The van der Waals surface area contributed by atoms with Crippen molar-refractivity contribution in [2.45, 2.75) is 49.4 Å². The molecule has 0 radical (unpaired) electrons. The first-order chi connectivity index (χ1) is 12.9. The van der Waals surface area contributed by atoms with Crippen molar-refractivity contribution in [2.75, 3.05) is 0 Å². The van der Waals surface area contributed by atoms with Gasteiger partial charge in [0.1, 0.15) is 5.82 Å². The van der Waals surface area contributed by atoms with Gasteiger partial charge in [-0.05, 0) is 54.5 Å². The number of fused-ring (bicyclic) bond motifs is 1. The van der Waals surface area contributed by atoms with Gasteiger partial charge in [-0.1, -0.05) is 26.0 Å². The summed E-state index contributed by atoms with van der Waals surface area (Å²) >= 11 is 7.67. The van der Waals surface area contributed by atoms with E-state index >= 15 is 0 Å². The van der Waals surface area contributed by atoms with E-state index < -0.39 is 11.7 Å². The van der Waals surface area contributed by atoms with Crippen LogP contribution in [0.2, 0.25) is 0 Å². The third-order valence-corrected chi connectivity index (χ3v) is 5.75. The van der Waals surface area contributed by atoms with Crippen LogP contribution in [0.15, 0.2) is 40.1 Å².